The van der Waals surface area contributed by atoms with E-state index < -0.39 is 6.10 Å². The van der Waals surface area contributed by atoms with Gasteiger partial charge in [-0.15, -0.1) is 0 Å². The Hall–Kier alpha value is -1.42. The van der Waals surface area contributed by atoms with Crippen molar-refractivity contribution in [2.75, 3.05) is 12.3 Å². The second kappa shape index (κ2) is 6.50. The molecule has 0 radical (unpaired) electrons. The number of benzene rings is 1. The maximum absolute atomic E-state index is 11.8. The highest BCUT2D eigenvalue weighted by molar-refractivity contribution is 6.32. The van der Waals surface area contributed by atoms with Gasteiger partial charge in [0.05, 0.1) is 10.7 Å². The molecule has 3 N–H and O–H groups in total. The second-order valence-electron chi connectivity index (χ2n) is 4.56. The number of amides is 1. The summed E-state index contributed by atoms with van der Waals surface area (Å²) in [5, 5.41) is 3.19. The van der Waals surface area contributed by atoms with E-state index in [-0.39, 0.29) is 5.91 Å². The molecular weight excluding hydrogens is 252 g/mol. The molecule has 18 heavy (non-hydrogen) atoms. The van der Waals surface area contributed by atoms with Crippen molar-refractivity contribution in [3.63, 3.8) is 0 Å². The summed E-state index contributed by atoms with van der Waals surface area (Å²) in [6, 6.07) is 5.08. The first-order valence-corrected chi connectivity index (χ1v) is 6.28. The first kappa shape index (κ1) is 14.6. The first-order chi connectivity index (χ1) is 8.41. The molecule has 0 aliphatic carbocycles. The van der Waals surface area contributed by atoms with Crippen molar-refractivity contribution in [1.29, 1.82) is 0 Å². The highest BCUT2D eigenvalue weighted by Gasteiger charge is 2.17. The molecule has 0 bridgehead atoms. The van der Waals surface area contributed by atoms with E-state index in [1.54, 1.807) is 25.1 Å². The van der Waals surface area contributed by atoms with E-state index in [2.05, 4.69) is 5.32 Å². The van der Waals surface area contributed by atoms with Gasteiger partial charge in [0, 0.05) is 6.54 Å². The van der Waals surface area contributed by atoms with Gasteiger partial charge in [-0.05, 0) is 25.0 Å². The quantitative estimate of drug-likeness (QED) is 0.808. The molecule has 4 nitrogen and oxygen atoms in total. The summed E-state index contributed by atoms with van der Waals surface area (Å²) < 4.78 is 5.50. The summed E-state index contributed by atoms with van der Waals surface area (Å²) in [4.78, 5) is 11.8. The van der Waals surface area contributed by atoms with Crippen molar-refractivity contribution in [3.8, 4) is 5.75 Å². The fraction of sp³-hybridized carbons (Fsp3) is 0.462. The number of anilines is 1. The van der Waals surface area contributed by atoms with Crippen LogP contribution in [0, 0.1) is 5.92 Å². The summed E-state index contributed by atoms with van der Waals surface area (Å²) >= 11 is 5.97. The number of para-hydroxylation sites is 1. The van der Waals surface area contributed by atoms with Crippen LogP contribution in [0.15, 0.2) is 18.2 Å². The van der Waals surface area contributed by atoms with Gasteiger partial charge in [-0.3, -0.25) is 4.79 Å². The van der Waals surface area contributed by atoms with E-state index in [1.165, 1.54) is 0 Å². The van der Waals surface area contributed by atoms with E-state index in [0.717, 1.165) is 0 Å². The normalized spacial score (nSPS) is 12.3. The van der Waals surface area contributed by atoms with Gasteiger partial charge in [0.1, 0.15) is 0 Å². The van der Waals surface area contributed by atoms with Crippen LogP contribution in [-0.2, 0) is 4.79 Å². The number of carbonyl (C=O) groups excluding carboxylic acids is 1. The van der Waals surface area contributed by atoms with Gasteiger partial charge in [0.15, 0.2) is 11.9 Å². The van der Waals surface area contributed by atoms with E-state index in [4.69, 9.17) is 22.1 Å². The lowest BCUT2D eigenvalue weighted by molar-refractivity contribution is -0.127. The summed E-state index contributed by atoms with van der Waals surface area (Å²) in [6.07, 6.45) is -0.633. The predicted octanol–water partition coefficient (Wildman–Crippen LogP) is 2.46. The van der Waals surface area contributed by atoms with Gasteiger partial charge >= 0.3 is 0 Å². The molecule has 1 amide bonds. The maximum Gasteiger partial charge on any atom is 0.260 e. The molecule has 1 rings (SSSR count). The van der Waals surface area contributed by atoms with Crippen molar-refractivity contribution in [2.45, 2.75) is 26.9 Å². The smallest absolute Gasteiger partial charge is 0.260 e. The Kier molecular flexibility index (Phi) is 5.28. The molecule has 0 saturated heterocycles. The molecular formula is C13H19ClN2O2. The topological polar surface area (TPSA) is 64.3 Å². The minimum absolute atomic E-state index is 0.178. The number of hydrogen-bond donors (Lipinski definition) is 2. The number of nitrogen functional groups attached to an aromatic ring is 1. The molecule has 1 aromatic rings. The predicted molar refractivity (Wildman–Crippen MR) is 73.8 cm³/mol. The lowest BCUT2D eigenvalue weighted by Crippen LogP contribution is -2.38. The van der Waals surface area contributed by atoms with Crippen molar-refractivity contribution in [3.05, 3.63) is 23.2 Å². The molecule has 100 valence electrons. The number of nitrogens with two attached hydrogens (primary N) is 1. The zero-order valence-electron chi connectivity index (χ0n) is 10.9. The highest BCUT2D eigenvalue weighted by atomic mass is 35.5. The van der Waals surface area contributed by atoms with Crippen LogP contribution in [-0.4, -0.2) is 18.6 Å². The van der Waals surface area contributed by atoms with Gasteiger partial charge in [-0.25, -0.2) is 0 Å². The molecule has 0 saturated carbocycles. The van der Waals surface area contributed by atoms with Crippen molar-refractivity contribution in [2.24, 2.45) is 5.92 Å². The van der Waals surface area contributed by atoms with Gasteiger partial charge in [-0.1, -0.05) is 31.5 Å². The third-order valence-electron chi connectivity index (χ3n) is 2.35. The Morgan fingerprint density at radius 2 is 2.11 bits per heavy atom. The summed E-state index contributed by atoms with van der Waals surface area (Å²) in [7, 11) is 0. The van der Waals surface area contributed by atoms with Crippen LogP contribution in [0.2, 0.25) is 5.02 Å². The van der Waals surface area contributed by atoms with Crippen LogP contribution in [0.3, 0.4) is 0 Å². The number of rotatable bonds is 5. The molecule has 5 heteroatoms. The number of hydrogen-bond acceptors (Lipinski definition) is 3. The third-order valence-corrected chi connectivity index (χ3v) is 2.64. The molecule has 0 aliphatic rings. The van der Waals surface area contributed by atoms with E-state index in [9.17, 15) is 4.79 Å². The molecule has 0 aliphatic heterocycles. The molecule has 1 unspecified atom stereocenters. The lowest BCUT2D eigenvalue weighted by atomic mass is 10.2. The molecule has 1 atom stereocenters. The standard InChI is InChI=1S/C13H19ClN2O2/c1-8(2)7-16-13(17)9(3)18-12-10(14)5-4-6-11(12)15/h4-6,8-9H,7,15H2,1-3H3,(H,16,17). The van der Waals surface area contributed by atoms with Gasteiger partial charge < -0.3 is 15.8 Å². The van der Waals surface area contributed by atoms with Crippen LogP contribution in [0.5, 0.6) is 5.75 Å². The minimum Gasteiger partial charge on any atom is -0.477 e. The summed E-state index contributed by atoms with van der Waals surface area (Å²) in [6.45, 7) is 6.33. The van der Waals surface area contributed by atoms with Gasteiger partial charge in [0.2, 0.25) is 0 Å². The lowest BCUT2D eigenvalue weighted by Gasteiger charge is -2.17. The van der Waals surface area contributed by atoms with Gasteiger partial charge in [0.25, 0.3) is 5.91 Å². The number of nitrogens with one attached hydrogen (secondary N) is 1. The molecule has 0 heterocycles. The minimum atomic E-state index is -0.633. The van der Waals surface area contributed by atoms with Crippen molar-refractivity contribution >= 4 is 23.2 Å². The van der Waals surface area contributed by atoms with Crippen LogP contribution >= 0.6 is 11.6 Å². The summed E-state index contributed by atoms with van der Waals surface area (Å²) in [5.74, 6) is 0.570. The van der Waals surface area contributed by atoms with Crippen LogP contribution in [0.4, 0.5) is 5.69 Å². The monoisotopic (exact) mass is 270 g/mol. The third kappa shape index (κ3) is 4.11. The molecule has 0 fully saturated rings. The van der Waals surface area contributed by atoms with Crippen LogP contribution in [0.1, 0.15) is 20.8 Å². The second-order valence-corrected chi connectivity index (χ2v) is 4.96. The van der Waals surface area contributed by atoms with Crippen molar-refractivity contribution in [1.82, 2.24) is 5.32 Å². The highest BCUT2D eigenvalue weighted by Crippen LogP contribution is 2.31. The zero-order valence-corrected chi connectivity index (χ0v) is 11.6. The van der Waals surface area contributed by atoms with Gasteiger partial charge in [-0.2, -0.15) is 0 Å². The largest absolute Gasteiger partial charge is 0.477 e. The Balaban J connectivity index is 2.64. The average Bonchev–Trinajstić information content (AvgIpc) is 2.30. The van der Waals surface area contributed by atoms with E-state index >= 15 is 0 Å². The molecule has 0 aromatic heterocycles. The fourth-order valence-electron chi connectivity index (χ4n) is 1.33. The van der Waals surface area contributed by atoms with Crippen LogP contribution in [0.25, 0.3) is 0 Å². The maximum atomic E-state index is 11.8. The number of halogens is 1. The fourth-order valence-corrected chi connectivity index (χ4v) is 1.55. The average molecular weight is 271 g/mol. The Morgan fingerprint density at radius 1 is 1.44 bits per heavy atom. The molecule has 1 aromatic carbocycles. The van der Waals surface area contributed by atoms with E-state index in [0.29, 0.717) is 28.9 Å². The Labute approximate surface area is 112 Å². The SMILES string of the molecule is CC(C)CNC(=O)C(C)Oc1c(N)cccc1Cl. The molecule has 0 spiro atoms. The zero-order chi connectivity index (χ0) is 13.7. The van der Waals surface area contributed by atoms with Crippen LogP contribution < -0.4 is 15.8 Å². The Bertz CT molecular complexity index is 401. The van der Waals surface area contributed by atoms with E-state index in [1.807, 2.05) is 13.8 Å². The number of ether oxygens (including phenoxy) is 1. The van der Waals surface area contributed by atoms with Crippen molar-refractivity contribution < 1.29 is 9.53 Å². The summed E-state index contributed by atoms with van der Waals surface area (Å²) in [5.41, 5.74) is 6.17. The number of carbonyl (C=O) groups is 1. The Morgan fingerprint density at radius 3 is 2.67 bits per heavy atom. The first-order valence-electron chi connectivity index (χ1n) is 5.90.